The number of nitrogens with zero attached hydrogens (tertiary/aromatic N) is 2. The van der Waals surface area contributed by atoms with Gasteiger partial charge in [-0.05, 0) is 68.0 Å². The number of primary amides is 1. The molecule has 0 spiro atoms. The highest BCUT2D eigenvalue weighted by molar-refractivity contribution is 6.00. The second kappa shape index (κ2) is 8.23. The van der Waals surface area contributed by atoms with Gasteiger partial charge in [-0.2, -0.15) is 0 Å². The van der Waals surface area contributed by atoms with Crippen LogP contribution >= 0.6 is 0 Å². The first-order valence-corrected chi connectivity index (χ1v) is 10.3. The Morgan fingerprint density at radius 3 is 2.57 bits per heavy atom. The summed E-state index contributed by atoms with van der Waals surface area (Å²) in [6.07, 6.45) is 6.12. The van der Waals surface area contributed by atoms with Crippen molar-refractivity contribution in [3.8, 4) is 5.75 Å². The number of para-hydroxylation sites is 2. The molecule has 2 aromatic carbocycles. The molecule has 2 aliphatic rings. The van der Waals surface area contributed by atoms with Crippen molar-refractivity contribution >= 4 is 17.4 Å². The maximum Gasteiger partial charge on any atom is 0.324 e. The van der Waals surface area contributed by atoms with Crippen molar-refractivity contribution in [1.29, 1.82) is 0 Å². The smallest absolute Gasteiger partial charge is 0.324 e. The normalized spacial score (nSPS) is 17.3. The number of anilines is 2. The van der Waals surface area contributed by atoms with E-state index in [1.54, 1.807) is 4.90 Å². The highest BCUT2D eigenvalue weighted by atomic mass is 16.5. The molecule has 1 aliphatic heterocycles. The molecule has 2 aromatic rings. The molecule has 1 saturated carbocycles. The van der Waals surface area contributed by atoms with Crippen LogP contribution in [0.25, 0.3) is 0 Å². The molecule has 0 aromatic heterocycles. The summed E-state index contributed by atoms with van der Waals surface area (Å²) in [5.41, 5.74) is 9.97. The molecule has 0 bridgehead atoms. The monoisotopic (exact) mass is 379 g/mol. The summed E-state index contributed by atoms with van der Waals surface area (Å²) in [5.74, 6) is 0.662. The third kappa shape index (κ3) is 3.72. The number of nitrogens with two attached hydrogens (primary N) is 1. The van der Waals surface area contributed by atoms with E-state index in [1.807, 2.05) is 37.3 Å². The van der Waals surface area contributed by atoms with Crippen LogP contribution in [-0.2, 0) is 12.8 Å². The zero-order chi connectivity index (χ0) is 19.5. The van der Waals surface area contributed by atoms with Gasteiger partial charge in [-0.3, -0.25) is 9.80 Å². The van der Waals surface area contributed by atoms with E-state index in [1.165, 1.54) is 30.4 Å². The summed E-state index contributed by atoms with van der Waals surface area (Å²) in [7, 11) is 0. The van der Waals surface area contributed by atoms with Crippen molar-refractivity contribution in [2.45, 2.75) is 45.1 Å². The average molecular weight is 380 g/mol. The Hall–Kier alpha value is -2.53. The molecule has 0 atom stereocenters. The lowest BCUT2D eigenvalue weighted by Gasteiger charge is -2.36. The quantitative estimate of drug-likeness (QED) is 0.845. The fraction of sp³-hybridized carbons (Fsp3) is 0.435. The van der Waals surface area contributed by atoms with Crippen molar-refractivity contribution in [3.63, 3.8) is 0 Å². The average Bonchev–Trinajstić information content (AvgIpc) is 2.85. The van der Waals surface area contributed by atoms with Gasteiger partial charge in [0.05, 0.1) is 18.0 Å². The van der Waals surface area contributed by atoms with Crippen molar-refractivity contribution < 1.29 is 9.53 Å². The van der Waals surface area contributed by atoms with Gasteiger partial charge in [-0.15, -0.1) is 0 Å². The first kappa shape index (κ1) is 18.8. The number of carbonyl (C=O) groups is 1. The Kier molecular flexibility index (Phi) is 5.53. The number of carbonyl (C=O) groups excluding carboxylic acids is 1. The molecule has 4 rings (SSSR count). The van der Waals surface area contributed by atoms with E-state index in [9.17, 15) is 4.79 Å². The van der Waals surface area contributed by atoms with Gasteiger partial charge in [0.1, 0.15) is 5.75 Å². The molecule has 28 heavy (non-hydrogen) atoms. The van der Waals surface area contributed by atoms with Crippen LogP contribution in [0.1, 0.15) is 37.3 Å². The lowest BCUT2D eigenvalue weighted by Crippen LogP contribution is -2.41. The summed E-state index contributed by atoms with van der Waals surface area (Å²) >= 11 is 0. The topological polar surface area (TPSA) is 58.8 Å². The fourth-order valence-electron chi connectivity index (χ4n) is 4.29. The van der Waals surface area contributed by atoms with Gasteiger partial charge in [-0.25, -0.2) is 4.79 Å². The van der Waals surface area contributed by atoms with Gasteiger partial charge < -0.3 is 10.5 Å². The van der Waals surface area contributed by atoms with Gasteiger partial charge in [0.15, 0.2) is 0 Å². The van der Waals surface area contributed by atoms with E-state index in [4.69, 9.17) is 10.5 Å². The van der Waals surface area contributed by atoms with Crippen LogP contribution in [0.4, 0.5) is 16.2 Å². The first-order valence-electron chi connectivity index (χ1n) is 10.3. The second-order valence-electron chi connectivity index (χ2n) is 7.65. The minimum Gasteiger partial charge on any atom is -0.492 e. The zero-order valence-electron chi connectivity index (χ0n) is 16.6. The molecule has 5 nitrogen and oxygen atoms in total. The summed E-state index contributed by atoms with van der Waals surface area (Å²) in [4.78, 5) is 16.6. The third-order valence-electron chi connectivity index (χ3n) is 6.00. The van der Waals surface area contributed by atoms with Gasteiger partial charge in [0, 0.05) is 19.1 Å². The Labute approximate surface area is 167 Å². The van der Waals surface area contributed by atoms with Gasteiger partial charge in [0.25, 0.3) is 0 Å². The number of ether oxygens (including phenoxy) is 1. The molecule has 1 heterocycles. The van der Waals surface area contributed by atoms with Crippen LogP contribution in [0.5, 0.6) is 5.75 Å². The van der Waals surface area contributed by atoms with Crippen LogP contribution in [0, 0.1) is 0 Å². The lowest BCUT2D eigenvalue weighted by atomic mass is 9.91. The largest absolute Gasteiger partial charge is 0.492 e. The molecular weight excluding hydrogens is 350 g/mol. The number of benzene rings is 2. The number of amides is 2. The number of hydrogen-bond donors (Lipinski definition) is 1. The van der Waals surface area contributed by atoms with Crippen LogP contribution in [0.15, 0.2) is 42.5 Å². The van der Waals surface area contributed by atoms with Crippen molar-refractivity contribution in [1.82, 2.24) is 4.90 Å². The highest BCUT2D eigenvalue weighted by Gasteiger charge is 2.27. The van der Waals surface area contributed by atoms with Crippen molar-refractivity contribution in [3.05, 3.63) is 53.6 Å². The molecule has 2 amide bonds. The van der Waals surface area contributed by atoms with E-state index in [-0.39, 0.29) is 0 Å². The first-order chi connectivity index (χ1) is 13.7. The van der Waals surface area contributed by atoms with E-state index in [2.05, 4.69) is 17.0 Å². The molecule has 0 radical (unpaired) electrons. The number of rotatable bonds is 5. The van der Waals surface area contributed by atoms with Crippen LogP contribution in [0.2, 0.25) is 0 Å². The molecule has 0 unspecified atom stereocenters. The standard InChI is InChI=1S/C23H29N3O2/c1-2-28-22-9-4-3-8-21(22)26(23(24)27)20-11-10-17-12-14-25(19-6-5-7-19)15-13-18(17)16-20/h3-4,8-11,16,19H,2,5-7,12-15H2,1H3,(H2,24,27). The molecule has 2 N–H and O–H groups in total. The summed E-state index contributed by atoms with van der Waals surface area (Å²) in [5, 5.41) is 0. The molecular formula is C23H29N3O2. The van der Waals surface area contributed by atoms with Crippen LogP contribution in [-0.4, -0.2) is 36.7 Å². The van der Waals surface area contributed by atoms with E-state index < -0.39 is 6.03 Å². The minimum absolute atomic E-state index is 0.503. The second-order valence-corrected chi connectivity index (χ2v) is 7.65. The van der Waals surface area contributed by atoms with Gasteiger partial charge in [0.2, 0.25) is 0 Å². The Morgan fingerprint density at radius 2 is 1.89 bits per heavy atom. The Morgan fingerprint density at radius 1 is 1.14 bits per heavy atom. The van der Waals surface area contributed by atoms with Crippen LogP contribution in [0.3, 0.4) is 0 Å². The molecule has 5 heteroatoms. The number of hydrogen-bond acceptors (Lipinski definition) is 3. The van der Waals surface area contributed by atoms with Crippen LogP contribution < -0.4 is 15.4 Å². The predicted molar refractivity (Wildman–Crippen MR) is 112 cm³/mol. The fourth-order valence-corrected chi connectivity index (χ4v) is 4.29. The van der Waals surface area contributed by atoms with E-state index in [0.717, 1.165) is 37.7 Å². The van der Waals surface area contributed by atoms with Gasteiger partial charge >= 0.3 is 6.03 Å². The SMILES string of the molecule is CCOc1ccccc1N(C(N)=O)c1ccc2c(c1)CCN(C1CCC1)CC2. The predicted octanol–water partition coefficient (Wildman–Crippen LogP) is 4.26. The summed E-state index contributed by atoms with van der Waals surface area (Å²) in [6, 6.07) is 14.1. The zero-order valence-corrected chi connectivity index (χ0v) is 16.6. The lowest BCUT2D eigenvalue weighted by molar-refractivity contribution is 0.133. The minimum atomic E-state index is -0.503. The molecule has 148 valence electrons. The highest BCUT2D eigenvalue weighted by Crippen LogP contribution is 2.35. The number of urea groups is 1. The summed E-state index contributed by atoms with van der Waals surface area (Å²) in [6.45, 7) is 4.68. The Balaban J connectivity index is 1.63. The third-order valence-corrected chi connectivity index (χ3v) is 6.00. The summed E-state index contributed by atoms with van der Waals surface area (Å²) < 4.78 is 5.73. The van der Waals surface area contributed by atoms with E-state index in [0.29, 0.717) is 18.0 Å². The van der Waals surface area contributed by atoms with Gasteiger partial charge in [-0.1, -0.05) is 24.6 Å². The molecule has 1 aliphatic carbocycles. The van der Waals surface area contributed by atoms with E-state index >= 15 is 0 Å². The Bertz CT molecular complexity index is 847. The molecule has 1 fully saturated rings. The maximum absolute atomic E-state index is 12.4. The van der Waals surface area contributed by atoms with Crippen molar-refractivity contribution in [2.75, 3.05) is 24.6 Å². The van der Waals surface area contributed by atoms with Crippen molar-refractivity contribution in [2.24, 2.45) is 5.73 Å². The molecule has 0 saturated heterocycles. The maximum atomic E-state index is 12.4. The number of fused-ring (bicyclic) bond motifs is 1.